The summed E-state index contributed by atoms with van der Waals surface area (Å²) in [5.41, 5.74) is 2.57. The molecule has 0 saturated heterocycles. The third-order valence-corrected chi connectivity index (χ3v) is 3.20. The van der Waals surface area contributed by atoms with Gasteiger partial charge in [0.1, 0.15) is 5.75 Å². The summed E-state index contributed by atoms with van der Waals surface area (Å²) in [6, 6.07) is 13.1. The predicted molar refractivity (Wildman–Crippen MR) is 88.8 cm³/mol. The zero-order valence-corrected chi connectivity index (χ0v) is 13.1. The standard InChI is InChI=1S/C16H15F3N2OS/c1-2-11-5-3-4-6-14(11)21-15(23)20-12-7-9-13(10-8-12)22-16(17,18)19/h3-10H,2H2,1H3,(H2,20,21,23). The van der Waals surface area contributed by atoms with Crippen LogP contribution in [0.4, 0.5) is 24.5 Å². The third-order valence-electron chi connectivity index (χ3n) is 2.99. The highest BCUT2D eigenvalue weighted by atomic mass is 32.1. The van der Waals surface area contributed by atoms with E-state index in [2.05, 4.69) is 15.4 Å². The van der Waals surface area contributed by atoms with E-state index in [9.17, 15) is 13.2 Å². The van der Waals surface area contributed by atoms with Gasteiger partial charge in [-0.15, -0.1) is 13.2 Å². The lowest BCUT2D eigenvalue weighted by atomic mass is 10.1. The van der Waals surface area contributed by atoms with Gasteiger partial charge in [-0.25, -0.2) is 0 Å². The van der Waals surface area contributed by atoms with Crippen molar-refractivity contribution in [1.29, 1.82) is 0 Å². The molecule has 0 aliphatic heterocycles. The summed E-state index contributed by atoms with van der Waals surface area (Å²) >= 11 is 5.21. The number of benzene rings is 2. The Balaban J connectivity index is 1.98. The number of nitrogens with one attached hydrogen (secondary N) is 2. The molecule has 0 fully saturated rings. The van der Waals surface area contributed by atoms with Gasteiger partial charge in [0.25, 0.3) is 0 Å². The van der Waals surface area contributed by atoms with Gasteiger partial charge < -0.3 is 15.4 Å². The van der Waals surface area contributed by atoms with Crippen LogP contribution in [0.3, 0.4) is 0 Å². The summed E-state index contributed by atoms with van der Waals surface area (Å²) < 4.78 is 40.1. The smallest absolute Gasteiger partial charge is 0.406 e. The second kappa shape index (κ2) is 7.32. The molecule has 0 aromatic heterocycles. The Morgan fingerprint density at radius 3 is 2.30 bits per heavy atom. The number of hydrogen-bond donors (Lipinski definition) is 2. The van der Waals surface area contributed by atoms with Crippen LogP contribution in [-0.2, 0) is 6.42 Å². The molecule has 2 N–H and O–H groups in total. The number of alkyl halides is 3. The zero-order chi connectivity index (χ0) is 16.9. The van der Waals surface area contributed by atoms with Crippen LogP contribution in [0.5, 0.6) is 5.75 Å². The first-order valence-electron chi connectivity index (χ1n) is 6.89. The van der Waals surface area contributed by atoms with E-state index in [1.165, 1.54) is 24.3 Å². The van der Waals surface area contributed by atoms with E-state index in [0.29, 0.717) is 10.8 Å². The first-order chi connectivity index (χ1) is 10.9. The highest BCUT2D eigenvalue weighted by molar-refractivity contribution is 7.80. The molecular weight excluding hydrogens is 325 g/mol. The maximum absolute atomic E-state index is 12.1. The number of hydrogen-bond acceptors (Lipinski definition) is 2. The van der Waals surface area contributed by atoms with Gasteiger partial charge in [-0.1, -0.05) is 25.1 Å². The Labute approximate surface area is 137 Å². The molecule has 23 heavy (non-hydrogen) atoms. The van der Waals surface area contributed by atoms with Crippen LogP contribution >= 0.6 is 12.2 Å². The zero-order valence-electron chi connectivity index (χ0n) is 12.3. The summed E-state index contributed by atoms with van der Waals surface area (Å²) in [7, 11) is 0. The van der Waals surface area contributed by atoms with Gasteiger partial charge in [0.2, 0.25) is 0 Å². The van der Waals surface area contributed by atoms with Crippen molar-refractivity contribution in [3.05, 3.63) is 54.1 Å². The quantitative estimate of drug-likeness (QED) is 0.771. The molecule has 0 saturated carbocycles. The molecule has 122 valence electrons. The van der Waals surface area contributed by atoms with Crippen LogP contribution in [0.1, 0.15) is 12.5 Å². The lowest BCUT2D eigenvalue weighted by Gasteiger charge is -2.14. The van der Waals surface area contributed by atoms with Gasteiger partial charge in [0, 0.05) is 11.4 Å². The summed E-state index contributed by atoms with van der Waals surface area (Å²) in [5, 5.41) is 6.34. The van der Waals surface area contributed by atoms with E-state index in [4.69, 9.17) is 12.2 Å². The number of halogens is 3. The normalized spacial score (nSPS) is 11.0. The molecule has 0 radical (unpaired) electrons. The molecule has 0 unspecified atom stereocenters. The largest absolute Gasteiger partial charge is 0.573 e. The maximum Gasteiger partial charge on any atom is 0.573 e. The Bertz CT molecular complexity index is 672. The van der Waals surface area contributed by atoms with Crippen molar-refractivity contribution in [1.82, 2.24) is 0 Å². The Morgan fingerprint density at radius 2 is 1.70 bits per heavy atom. The maximum atomic E-state index is 12.1. The summed E-state index contributed by atoms with van der Waals surface area (Å²) in [4.78, 5) is 0. The Kier molecular flexibility index (Phi) is 5.44. The summed E-state index contributed by atoms with van der Waals surface area (Å²) in [6.45, 7) is 2.04. The first kappa shape index (κ1) is 17.1. The van der Waals surface area contributed by atoms with Crippen molar-refractivity contribution in [2.45, 2.75) is 19.7 Å². The van der Waals surface area contributed by atoms with Crippen molar-refractivity contribution in [3.63, 3.8) is 0 Å². The van der Waals surface area contributed by atoms with Crippen LogP contribution in [0.15, 0.2) is 48.5 Å². The van der Waals surface area contributed by atoms with Gasteiger partial charge in [-0.3, -0.25) is 0 Å². The lowest BCUT2D eigenvalue weighted by Crippen LogP contribution is -2.20. The molecule has 7 heteroatoms. The van der Waals surface area contributed by atoms with E-state index in [0.717, 1.165) is 17.7 Å². The number of rotatable bonds is 4. The molecule has 2 aromatic rings. The van der Waals surface area contributed by atoms with Gasteiger partial charge in [-0.2, -0.15) is 0 Å². The molecule has 0 atom stereocenters. The molecule has 2 aromatic carbocycles. The molecule has 0 amide bonds. The van der Waals surface area contributed by atoms with E-state index in [-0.39, 0.29) is 5.75 Å². The van der Waals surface area contributed by atoms with Crippen molar-refractivity contribution < 1.29 is 17.9 Å². The number of anilines is 2. The minimum atomic E-state index is -4.70. The molecular formula is C16H15F3N2OS. The topological polar surface area (TPSA) is 33.3 Å². The molecule has 3 nitrogen and oxygen atoms in total. The molecule has 0 aliphatic carbocycles. The molecule has 0 heterocycles. The van der Waals surface area contributed by atoms with Crippen LogP contribution in [0.2, 0.25) is 0 Å². The van der Waals surface area contributed by atoms with E-state index in [1.54, 1.807) is 0 Å². The van der Waals surface area contributed by atoms with Crippen molar-refractivity contribution in [3.8, 4) is 5.75 Å². The van der Waals surface area contributed by atoms with E-state index >= 15 is 0 Å². The highest BCUT2D eigenvalue weighted by Crippen LogP contribution is 2.24. The fourth-order valence-electron chi connectivity index (χ4n) is 1.98. The number of aryl methyl sites for hydroxylation is 1. The highest BCUT2D eigenvalue weighted by Gasteiger charge is 2.30. The number of ether oxygens (including phenoxy) is 1. The Hall–Kier alpha value is -2.28. The van der Waals surface area contributed by atoms with Crippen LogP contribution in [-0.4, -0.2) is 11.5 Å². The number of thiocarbonyl (C=S) groups is 1. The number of para-hydroxylation sites is 1. The van der Waals surface area contributed by atoms with Gasteiger partial charge in [0.15, 0.2) is 5.11 Å². The van der Waals surface area contributed by atoms with E-state index < -0.39 is 6.36 Å². The minimum Gasteiger partial charge on any atom is -0.406 e. The average Bonchev–Trinajstić information content (AvgIpc) is 2.48. The van der Waals surface area contributed by atoms with Crippen LogP contribution in [0.25, 0.3) is 0 Å². The predicted octanol–water partition coefficient (Wildman–Crippen LogP) is 4.96. The first-order valence-corrected chi connectivity index (χ1v) is 7.30. The Morgan fingerprint density at radius 1 is 1.04 bits per heavy atom. The minimum absolute atomic E-state index is 0.279. The van der Waals surface area contributed by atoms with Crippen molar-refractivity contribution >= 4 is 28.7 Å². The monoisotopic (exact) mass is 340 g/mol. The molecule has 0 aliphatic rings. The molecule has 0 bridgehead atoms. The van der Waals surface area contributed by atoms with Gasteiger partial charge in [-0.05, 0) is 54.5 Å². The van der Waals surface area contributed by atoms with Gasteiger partial charge >= 0.3 is 6.36 Å². The summed E-state index contributed by atoms with van der Waals surface area (Å²) in [5.74, 6) is -0.279. The lowest BCUT2D eigenvalue weighted by molar-refractivity contribution is -0.274. The summed E-state index contributed by atoms with van der Waals surface area (Å²) in [6.07, 6.45) is -3.84. The second-order valence-corrected chi connectivity index (χ2v) is 5.07. The second-order valence-electron chi connectivity index (χ2n) is 4.66. The SMILES string of the molecule is CCc1ccccc1NC(=S)Nc1ccc(OC(F)(F)F)cc1. The fraction of sp³-hybridized carbons (Fsp3) is 0.188. The van der Waals surface area contributed by atoms with E-state index in [1.807, 2.05) is 31.2 Å². The van der Waals surface area contributed by atoms with Crippen molar-refractivity contribution in [2.24, 2.45) is 0 Å². The molecule has 2 rings (SSSR count). The molecule has 0 spiro atoms. The van der Waals surface area contributed by atoms with Crippen molar-refractivity contribution in [2.75, 3.05) is 10.6 Å². The fourth-order valence-corrected chi connectivity index (χ4v) is 2.20. The third kappa shape index (κ3) is 5.45. The van der Waals surface area contributed by atoms with Crippen LogP contribution < -0.4 is 15.4 Å². The van der Waals surface area contributed by atoms with Gasteiger partial charge in [0.05, 0.1) is 0 Å². The van der Waals surface area contributed by atoms with Crippen LogP contribution in [0, 0.1) is 0 Å². The average molecular weight is 340 g/mol.